The van der Waals surface area contributed by atoms with E-state index in [0.717, 1.165) is 17.7 Å². The number of carbonyl (C=O) groups is 2. The SMILES string of the molecule is CC(c1cncc(-c2ccc(F)c(C(F)F)c2)c1)N1CCOC1=O.O=C(O)C(F)(F)F. The first-order valence-electron chi connectivity index (χ1n) is 8.68. The number of halogens is 6. The van der Waals surface area contributed by atoms with E-state index in [9.17, 15) is 31.1 Å². The highest BCUT2D eigenvalue weighted by Gasteiger charge is 2.38. The molecule has 168 valence electrons. The third-order valence-corrected chi connectivity index (χ3v) is 4.31. The molecule has 1 N–H and O–H groups in total. The van der Waals surface area contributed by atoms with E-state index in [0.29, 0.717) is 24.3 Å². The van der Waals surface area contributed by atoms with E-state index in [-0.39, 0.29) is 6.04 Å². The second-order valence-corrected chi connectivity index (χ2v) is 6.33. The molecule has 1 atom stereocenters. The topological polar surface area (TPSA) is 79.7 Å². The predicted octanol–water partition coefficient (Wildman–Crippen LogP) is 4.97. The molecule has 1 saturated heterocycles. The Morgan fingerprint density at radius 3 is 2.35 bits per heavy atom. The molecular weight excluding hydrogens is 434 g/mol. The van der Waals surface area contributed by atoms with Crippen molar-refractivity contribution in [3.05, 3.63) is 53.6 Å². The minimum absolute atomic E-state index is 0.262. The lowest BCUT2D eigenvalue weighted by Crippen LogP contribution is -2.27. The van der Waals surface area contributed by atoms with Crippen molar-refractivity contribution < 1.29 is 45.8 Å². The van der Waals surface area contributed by atoms with Crippen LogP contribution in [0.1, 0.15) is 30.5 Å². The lowest BCUT2D eigenvalue weighted by molar-refractivity contribution is -0.192. The normalized spacial score (nSPS) is 14.7. The number of alkyl halides is 5. The predicted molar refractivity (Wildman–Crippen MR) is 94.7 cm³/mol. The summed E-state index contributed by atoms with van der Waals surface area (Å²) in [5.74, 6) is -3.70. The van der Waals surface area contributed by atoms with Crippen molar-refractivity contribution in [2.45, 2.75) is 25.6 Å². The van der Waals surface area contributed by atoms with Crippen LogP contribution in [0, 0.1) is 5.82 Å². The van der Waals surface area contributed by atoms with Crippen molar-refractivity contribution in [3.8, 4) is 11.1 Å². The Balaban J connectivity index is 0.000000423. The number of ether oxygens (including phenoxy) is 1. The number of hydrogen-bond donors (Lipinski definition) is 1. The first kappa shape index (κ1) is 24.0. The number of rotatable bonds is 4. The standard InChI is InChI=1S/C17H15F3N2O2.C2HF3O2/c1-10(22-4-5-24-17(22)23)12-6-13(9-21-8-12)11-2-3-15(18)14(7-11)16(19)20;3-2(4,5)1(6)7/h2-3,6-10,16H,4-5H2,1H3;(H,6,7). The molecule has 0 saturated carbocycles. The highest BCUT2D eigenvalue weighted by atomic mass is 19.4. The van der Waals surface area contributed by atoms with Gasteiger partial charge in [-0.3, -0.25) is 9.88 Å². The Morgan fingerprint density at radius 2 is 1.84 bits per heavy atom. The Morgan fingerprint density at radius 1 is 1.19 bits per heavy atom. The molecule has 1 aromatic heterocycles. The van der Waals surface area contributed by atoms with E-state index in [1.165, 1.54) is 12.3 Å². The molecule has 1 aliphatic heterocycles. The summed E-state index contributed by atoms with van der Waals surface area (Å²) in [6.07, 6.45) is -5.24. The van der Waals surface area contributed by atoms with Crippen LogP contribution < -0.4 is 0 Å². The van der Waals surface area contributed by atoms with Gasteiger partial charge >= 0.3 is 18.2 Å². The second-order valence-electron chi connectivity index (χ2n) is 6.33. The summed E-state index contributed by atoms with van der Waals surface area (Å²) in [5.41, 5.74) is 1.12. The number of nitrogens with zero attached hydrogens (tertiary/aromatic N) is 2. The summed E-state index contributed by atoms with van der Waals surface area (Å²) in [6.45, 7) is 2.66. The number of benzene rings is 1. The Labute approximate surface area is 172 Å². The van der Waals surface area contributed by atoms with Gasteiger partial charge in [0, 0.05) is 18.0 Å². The third kappa shape index (κ3) is 6.09. The van der Waals surface area contributed by atoms with Crippen molar-refractivity contribution in [2.24, 2.45) is 0 Å². The summed E-state index contributed by atoms with van der Waals surface area (Å²) in [5, 5.41) is 7.12. The molecule has 0 radical (unpaired) electrons. The van der Waals surface area contributed by atoms with Crippen molar-refractivity contribution >= 4 is 12.1 Å². The highest BCUT2D eigenvalue weighted by molar-refractivity contribution is 5.73. The summed E-state index contributed by atoms with van der Waals surface area (Å²) >= 11 is 0. The number of carbonyl (C=O) groups excluding carboxylic acids is 1. The number of cyclic esters (lactones) is 1. The van der Waals surface area contributed by atoms with E-state index in [4.69, 9.17) is 14.6 Å². The fourth-order valence-corrected chi connectivity index (χ4v) is 2.67. The number of hydrogen-bond acceptors (Lipinski definition) is 4. The molecule has 6 nitrogen and oxygen atoms in total. The maximum Gasteiger partial charge on any atom is 0.490 e. The quantitative estimate of drug-likeness (QED) is 0.666. The van der Waals surface area contributed by atoms with Gasteiger partial charge in [-0.15, -0.1) is 0 Å². The number of carboxylic acid groups (broad SMARTS) is 1. The summed E-state index contributed by atoms with van der Waals surface area (Å²) in [6, 6.07) is 5.06. The van der Waals surface area contributed by atoms with Gasteiger partial charge in [0.15, 0.2) is 0 Å². The zero-order valence-electron chi connectivity index (χ0n) is 15.9. The number of amides is 1. The van der Waals surface area contributed by atoms with E-state index < -0.39 is 36.0 Å². The molecule has 1 aliphatic rings. The molecule has 1 unspecified atom stereocenters. The van der Waals surface area contributed by atoms with Crippen LogP contribution in [0.4, 0.5) is 31.1 Å². The molecule has 12 heteroatoms. The minimum Gasteiger partial charge on any atom is -0.475 e. The lowest BCUT2D eigenvalue weighted by atomic mass is 10.0. The number of carboxylic acids is 1. The first-order valence-corrected chi connectivity index (χ1v) is 8.68. The Kier molecular flexibility index (Phi) is 7.47. The highest BCUT2D eigenvalue weighted by Crippen LogP contribution is 2.30. The summed E-state index contributed by atoms with van der Waals surface area (Å²) in [4.78, 5) is 26.2. The van der Waals surface area contributed by atoms with Gasteiger partial charge < -0.3 is 9.84 Å². The van der Waals surface area contributed by atoms with Gasteiger partial charge in [-0.25, -0.2) is 22.8 Å². The molecule has 2 aromatic rings. The fraction of sp³-hybridized carbons (Fsp3) is 0.316. The Bertz CT molecular complexity index is 951. The largest absolute Gasteiger partial charge is 0.490 e. The van der Waals surface area contributed by atoms with E-state index >= 15 is 0 Å². The zero-order chi connectivity index (χ0) is 23.3. The van der Waals surface area contributed by atoms with Crippen LogP contribution in [0.25, 0.3) is 11.1 Å². The Hall–Kier alpha value is -3.31. The monoisotopic (exact) mass is 450 g/mol. The van der Waals surface area contributed by atoms with Crippen LogP contribution >= 0.6 is 0 Å². The second kappa shape index (κ2) is 9.67. The van der Waals surface area contributed by atoms with Crippen LogP contribution in [-0.2, 0) is 9.53 Å². The van der Waals surface area contributed by atoms with Crippen LogP contribution in [-0.4, -0.2) is 46.4 Å². The summed E-state index contributed by atoms with van der Waals surface area (Å²) < 4.78 is 75.8. The molecule has 1 aromatic carbocycles. The van der Waals surface area contributed by atoms with Gasteiger partial charge in [0.2, 0.25) is 0 Å². The maximum absolute atomic E-state index is 13.4. The van der Waals surface area contributed by atoms with E-state index in [2.05, 4.69) is 4.98 Å². The van der Waals surface area contributed by atoms with Crippen molar-refractivity contribution in [3.63, 3.8) is 0 Å². The van der Waals surface area contributed by atoms with Gasteiger partial charge in [-0.2, -0.15) is 13.2 Å². The summed E-state index contributed by atoms with van der Waals surface area (Å²) in [7, 11) is 0. The third-order valence-electron chi connectivity index (χ3n) is 4.31. The van der Waals surface area contributed by atoms with Crippen LogP contribution in [0.15, 0.2) is 36.7 Å². The molecule has 0 bridgehead atoms. The molecule has 0 spiro atoms. The van der Waals surface area contributed by atoms with Gasteiger partial charge in [0.1, 0.15) is 12.4 Å². The van der Waals surface area contributed by atoms with Crippen LogP contribution in [0.3, 0.4) is 0 Å². The van der Waals surface area contributed by atoms with Crippen LogP contribution in [0.2, 0.25) is 0 Å². The van der Waals surface area contributed by atoms with Crippen molar-refractivity contribution in [1.82, 2.24) is 9.88 Å². The average molecular weight is 450 g/mol. The molecule has 31 heavy (non-hydrogen) atoms. The van der Waals surface area contributed by atoms with E-state index in [1.807, 2.05) is 6.92 Å². The zero-order valence-corrected chi connectivity index (χ0v) is 15.9. The molecular formula is C19H16F6N2O4. The maximum atomic E-state index is 13.4. The van der Waals surface area contributed by atoms with Crippen molar-refractivity contribution in [1.29, 1.82) is 0 Å². The fourth-order valence-electron chi connectivity index (χ4n) is 2.67. The molecule has 2 heterocycles. The first-order chi connectivity index (χ1) is 14.4. The number of pyridine rings is 1. The molecule has 3 rings (SSSR count). The molecule has 1 amide bonds. The van der Waals surface area contributed by atoms with E-state index in [1.54, 1.807) is 17.2 Å². The van der Waals surface area contributed by atoms with Crippen LogP contribution in [0.5, 0.6) is 0 Å². The molecule has 1 fully saturated rings. The smallest absolute Gasteiger partial charge is 0.475 e. The molecule has 0 aliphatic carbocycles. The van der Waals surface area contributed by atoms with Gasteiger partial charge in [-0.1, -0.05) is 6.07 Å². The number of aromatic nitrogens is 1. The van der Waals surface area contributed by atoms with Gasteiger partial charge in [-0.05, 0) is 36.2 Å². The number of aliphatic carboxylic acids is 1. The van der Waals surface area contributed by atoms with Gasteiger partial charge in [0.25, 0.3) is 6.43 Å². The van der Waals surface area contributed by atoms with Gasteiger partial charge in [0.05, 0.1) is 18.2 Å². The average Bonchev–Trinajstić information content (AvgIpc) is 3.13. The minimum atomic E-state index is -5.08. The lowest BCUT2D eigenvalue weighted by Gasteiger charge is -2.22. The van der Waals surface area contributed by atoms with Crippen molar-refractivity contribution in [2.75, 3.05) is 13.2 Å².